The first-order chi connectivity index (χ1) is 6.74. The van der Waals surface area contributed by atoms with Crippen molar-refractivity contribution in [1.29, 1.82) is 0 Å². The molecule has 0 aromatic heterocycles. The molecule has 1 fully saturated rings. The molecule has 0 bridgehead atoms. The Hall–Kier alpha value is -0.320. The molecule has 0 aliphatic carbocycles. The number of amides is 1. The first-order valence-corrected chi connectivity index (χ1v) is 5.28. The molecule has 1 aliphatic rings. The van der Waals surface area contributed by atoms with Gasteiger partial charge in [-0.05, 0) is 26.3 Å². The summed E-state index contributed by atoms with van der Waals surface area (Å²) in [6.45, 7) is 3.49. The fraction of sp³-hybridized carbons (Fsp3) is 0.900. The molecular formula is C10H21ClN2O2. The molecule has 2 atom stereocenters. The van der Waals surface area contributed by atoms with Gasteiger partial charge in [-0.2, -0.15) is 0 Å². The smallest absolute Gasteiger partial charge is 0.237 e. The van der Waals surface area contributed by atoms with E-state index in [2.05, 4.69) is 10.6 Å². The molecule has 90 valence electrons. The molecule has 2 unspecified atom stereocenters. The molecule has 1 heterocycles. The van der Waals surface area contributed by atoms with E-state index < -0.39 is 0 Å². The van der Waals surface area contributed by atoms with Gasteiger partial charge in [-0.1, -0.05) is 6.42 Å². The van der Waals surface area contributed by atoms with Crippen LogP contribution in [0.3, 0.4) is 0 Å². The van der Waals surface area contributed by atoms with Crippen molar-refractivity contribution in [3.8, 4) is 0 Å². The standard InChI is InChI=1S/C10H20N2O2.ClH/c1-8(14-2)7-12-10(13)9-5-3-4-6-11-9;/h8-9,11H,3-7H2,1-2H3,(H,12,13);1H. The molecular weight excluding hydrogens is 216 g/mol. The highest BCUT2D eigenvalue weighted by Gasteiger charge is 2.20. The molecule has 1 amide bonds. The van der Waals surface area contributed by atoms with Crippen LogP contribution in [-0.2, 0) is 9.53 Å². The predicted molar refractivity (Wildman–Crippen MR) is 62.4 cm³/mol. The summed E-state index contributed by atoms with van der Waals surface area (Å²) in [6, 6.07) is 0.00723. The molecule has 0 aromatic rings. The van der Waals surface area contributed by atoms with Gasteiger partial charge in [-0.3, -0.25) is 4.79 Å². The maximum Gasteiger partial charge on any atom is 0.237 e. The highest BCUT2D eigenvalue weighted by Crippen LogP contribution is 2.06. The van der Waals surface area contributed by atoms with E-state index in [9.17, 15) is 4.79 Å². The van der Waals surface area contributed by atoms with E-state index in [4.69, 9.17) is 4.74 Å². The quantitative estimate of drug-likeness (QED) is 0.756. The van der Waals surface area contributed by atoms with Gasteiger partial charge in [-0.15, -0.1) is 12.4 Å². The molecule has 0 spiro atoms. The summed E-state index contributed by atoms with van der Waals surface area (Å²) in [5, 5.41) is 6.08. The van der Waals surface area contributed by atoms with Crippen LogP contribution in [0.15, 0.2) is 0 Å². The van der Waals surface area contributed by atoms with Crippen LogP contribution in [0.5, 0.6) is 0 Å². The number of ether oxygens (including phenoxy) is 1. The largest absolute Gasteiger partial charge is 0.380 e. The highest BCUT2D eigenvalue weighted by molar-refractivity contribution is 5.85. The molecule has 2 N–H and O–H groups in total. The van der Waals surface area contributed by atoms with E-state index >= 15 is 0 Å². The zero-order chi connectivity index (χ0) is 10.4. The van der Waals surface area contributed by atoms with Crippen molar-refractivity contribution < 1.29 is 9.53 Å². The zero-order valence-corrected chi connectivity index (χ0v) is 10.2. The number of nitrogens with one attached hydrogen (secondary N) is 2. The number of rotatable bonds is 4. The van der Waals surface area contributed by atoms with Crippen LogP contribution in [0, 0.1) is 0 Å². The normalized spacial score (nSPS) is 22.7. The minimum absolute atomic E-state index is 0. The van der Waals surface area contributed by atoms with Gasteiger partial charge in [0.25, 0.3) is 0 Å². The van der Waals surface area contributed by atoms with E-state index in [0.717, 1.165) is 19.4 Å². The Morgan fingerprint density at radius 3 is 2.87 bits per heavy atom. The van der Waals surface area contributed by atoms with Crippen molar-refractivity contribution in [2.45, 2.75) is 38.3 Å². The summed E-state index contributed by atoms with van der Waals surface area (Å²) in [5.74, 6) is 0.105. The van der Waals surface area contributed by atoms with Gasteiger partial charge in [0.05, 0.1) is 12.1 Å². The van der Waals surface area contributed by atoms with E-state index in [-0.39, 0.29) is 30.5 Å². The van der Waals surface area contributed by atoms with Crippen molar-refractivity contribution in [1.82, 2.24) is 10.6 Å². The van der Waals surface area contributed by atoms with Gasteiger partial charge in [0.1, 0.15) is 0 Å². The van der Waals surface area contributed by atoms with E-state index in [0.29, 0.717) is 6.54 Å². The molecule has 1 rings (SSSR count). The minimum Gasteiger partial charge on any atom is -0.380 e. The summed E-state index contributed by atoms with van der Waals surface area (Å²) in [5.41, 5.74) is 0. The Kier molecular flexibility index (Phi) is 7.74. The summed E-state index contributed by atoms with van der Waals surface area (Å²) in [4.78, 5) is 11.6. The maximum absolute atomic E-state index is 11.6. The molecule has 5 heteroatoms. The topological polar surface area (TPSA) is 50.4 Å². The number of piperidine rings is 1. The molecule has 0 aromatic carbocycles. The second kappa shape index (κ2) is 7.91. The summed E-state index contributed by atoms with van der Waals surface area (Å²) < 4.78 is 5.05. The fourth-order valence-electron chi connectivity index (χ4n) is 1.53. The first-order valence-electron chi connectivity index (χ1n) is 5.28. The van der Waals surface area contributed by atoms with Crippen molar-refractivity contribution >= 4 is 18.3 Å². The van der Waals surface area contributed by atoms with Gasteiger partial charge in [0.15, 0.2) is 0 Å². The Morgan fingerprint density at radius 2 is 2.33 bits per heavy atom. The average Bonchev–Trinajstić information content (AvgIpc) is 2.26. The van der Waals surface area contributed by atoms with Crippen LogP contribution in [0.25, 0.3) is 0 Å². The Balaban J connectivity index is 0.00000196. The van der Waals surface area contributed by atoms with Crippen molar-refractivity contribution in [3.63, 3.8) is 0 Å². The minimum atomic E-state index is 0. The fourth-order valence-corrected chi connectivity index (χ4v) is 1.53. The Labute approximate surface area is 97.5 Å². The summed E-state index contributed by atoms with van der Waals surface area (Å²) >= 11 is 0. The van der Waals surface area contributed by atoms with Crippen LogP contribution < -0.4 is 10.6 Å². The van der Waals surface area contributed by atoms with Gasteiger partial charge in [0.2, 0.25) is 5.91 Å². The van der Waals surface area contributed by atoms with Crippen LogP contribution >= 0.6 is 12.4 Å². The number of carbonyl (C=O) groups excluding carboxylic acids is 1. The van der Waals surface area contributed by atoms with Crippen molar-refractivity contribution in [3.05, 3.63) is 0 Å². The molecule has 15 heavy (non-hydrogen) atoms. The molecule has 4 nitrogen and oxygen atoms in total. The Morgan fingerprint density at radius 1 is 1.60 bits per heavy atom. The van der Waals surface area contributed by atoms with Crippen molar-refractivity contribution in [2.75, 3.05) is 20.2 Å². The lowest BCUT2D eigenvalue weighted by atomic mass is 10.0. The van der Waals surface area contributed by atoms with Crippen molar-refractivity contribution in [2.24, 2.45) is 0 Å². The van der Waals surface area contributed by atoms with Gasteiger partial charge in [-0.25, -0.2) is 0 Å². The second-order valence-corrected chi connectivity index (χ2v) is 3.79. The van der Waals surface area contributed by atoms with E-state index in [1.54, 1.807) is 7.11 Å². The van der Waals surface area contributed by atoms with Gasteiger partial charge >= 0.3 is 0 Å². The van der Waals surface area contributed by atoms with E-state index in [1.165, 1.54) is 6.42 Å². The third-order valence-corrected chi connectivity index (χ3v) is 2.59. The predicted octanol–water partition coefficient (Wildman–Crippen LogP) is 0.701. The molecule has 1 aliphatic heterocycles. The van der Waals surface area contributed by atoms with Gasteiger partial charge in [0, 0.05) is 13.7 Å². The number of hydrogen-bond donors (Lipinski definition) is 2. The van der Waals surface area contributed by atoms with Gasteiger partial charge < -0.3 is 15.4 Å². The zero-order valence-electron chi connectivity index (χ0n) is 9.41. The third kappa shape index (κ3) is 5.35. The lowest BCUT2D eigenvalue weighted by Gasteiger charge is -2.23. The lowest BCUT2D eigenvalue weighted by molar-refractivity contribution is -0.124. The maximum atomic E-state index is 11.6. The van der Waals surface area contributed by atoms with Crippen LogP contribution in [-0.4, -0.2) is 38.3 Å². The number of methoxy groups -OCH3 is 1. The third-order valence-electron chi connectivity index (χ3n) is 2.59. The second-order valence-electron chi connectivity index (χ2n) is 3.79. The number of hydrogen-bond acceptors (Lipinski definition) is 3. The van der Waals surface area contributed by atoms with Crippen LogP contribution in [0.1, 0.15) is 26.2 Å². The molecule has 0 radical (unpaired) electrons. The SMILES string of the molecule is COC(C)CNC(=O)C1CCCCN1.Cl. The molecule has 1 saturated heterocycles. The van der Waals surface area contributed by atoms with E-state index in [1.807, 2.05) is 6.92 Å². The summed E-state index contributed by atoms with van der Waals surface area (Å²) in [6.07, 6.45) is 3.36. The van der Waals surface area contributed by atoms with Crippen LogP contribution in [0.2, 0.25) is 0 Å². The van der Waals surface area contributed by atoms with Crippen LogP contribution in [0.4, 0.5) is 0 Å². The number of carbonyl (C=O) groups is 1. The highest BCUT2D eigenvalue weighted by atomic mass is 35.5. The average molecular weight is 237 g/mol. The lowest BCUT2D eigenvalue weighted by Crippen LogP contribution is -2.48. The summed E-state index contributed by atoms with van der Waals surface area (Å²) in [7, 11) is 1.65. The number of halogens is 1. The monoisotopic (exact) mass is 236 g/mol. The molecule has 0 saturated carbocycles. The first kappa shape index (κ1) is 14.7. The Bertz CT molecular complexity index is 184.